The number of hydrogen-bond donors (Lipinski definition) is 1. The third-order valence-corrected chi connectivity index (χ3v) is 5.58. The molecule has 5 heteroatoms. The van der Waals surface area contributed by atoms with Crippen molar-refractivity contribution in [2.75, 3.05) is 26.2 Å². The molecular weight excluding hydrogens is 292 g/mol. The van der Waals surface area contributed by atoms with Gasteiger partial charge in [-0.1, -0.05) is 27.2 Å². The highest BCUT2D eigenvalue weighted by Gasteiger charge is 2.46. The zero-order valence-corrected chi connectivity index (χ0v) is 14.9. The number of piperidine rings is 1. The number of amides is 1. The highest BCUT2D eigenvalue weighted by molar-refractivity contribution is 5.83. The van der Waals surface area contributed by atoms with E-state index < -0.39 is 5.97 Å². The summed E-state index contributed by atoms with van der Waals surface area (Å²) in [5, 5.41) is 9.01. The molecule has 0 radical (unpaired) electrons. The summed E-state index contributed by atoms with van der Waals surface area (Å²) in [6, 6.07) is 0.294. The highest BCUT2D eigenvalue weighted by Crippen LogP contribution is 2.47. The van der Waals surface area contributed by atoms with Crippen LogP contribution in [-0.2, 0) is 9.59 Å². The molecule has 1 saturated carbocycles. The van der Waals surface area contributed by atoms with Gasteiger partial charge in [-0.2, -0.15) is 0 Å². The van der Waals surface area contributed by atoms with E-state index in [9.17, 15) is 9.59 Å². The van der Waals surface area contributed by atoms with Gasteiger partial charge in [0.1, 0.15) is 0 Å². The van der Waals surface area contributed by atoms with Crippen LogP contribution in [0.1, 0.15) is 59.3 Å². The summed E-state index contributed by atoms with van der Waals surface area (Å²) >= 11 is 0. The summed E-state index contributed by atoms with van der Waals surface area (Å²) < 4.78 is 0. The second-order valence-electron chi connectivity index (χ2n) is 7.71. The lowest BCUT2D eigenvalue weighted by Crippen LogP contribution is -2.53. The number of carboxylic acid groups (broad SMARTS) is 1. The minimum atomic E-state index is -0.768. The van der Waals surface area contributed by atoms with E-state index in [4.69, 9.17) is 5.11 Å². The van der Waals surface area contributed by atoms with Gasteiger partial charge in [-0.15, -0.1) is 0 Å². The van der Waals surface area contributed by atoms with Crippen LogP contribution < -0.4 is 0 Å². The van der Waals surface area contributed by atoms with Crippen LogP contribution in [0.4, 0.5) is 0 Å². The number of nitrogens with zero attached hydrogens (tertiary/aromatic N) is 2. The molecule has 1 heterocycles. The zero-order valence-electron chi connectivity index (χ0n) is 14.9. The van der Waals surface area contributed by atoms with E-state index >= 15 is 0 Å². The maximum Gasteiger partial charge on any atom is 0.317 e. The van der Waals surface area contributed by atoms with Crippen LogP contribution in [-0.4, -0.2) is 59.0 Å². The first-order valence-corrected chi connectivity index (χ1v) is 9.13. The molecule has 0 spiro atoms. The maximum absolute atomic E-state index is 13.0. The molecule has 2 rings (SSSR count). The molecule has 23 heavy (non-hydrogen) atoms. The molecule has 2 fully saturated rings. The van der Waals surface area contributed by atoms with Crippen molar-refractivity contribution >= 4 is 11.9 Å². The van der Waals surface area contributed by atoms with Crippen molar-refractivity contribution in [3.63, 3.8) is 0 Å². The summed E-state index contributed by atoms with van der Waals surface area (Å²) in [6.45, 7) is 8.81. The van der Waals surface area contributed by atoms with E-state index in [2.05, 4.69) is 13.8 Å². The number of aliphatic carboxylic acids is 1. The van der Waals surface area contributed by atoms with Gasteiger partial charge in [0.05, 0.1) is 6.54 Å². The van der Waals surface area contributed by atoms with E-state index in [1.165, 1.54) is 6.42 Å². The molecule has 132 valence electrons. The van der Waals surface area contributed by atoms with Gasteiger partial charge in [0.2, 0.25) is 5.91 Å². The van der Waals surface area contributed by atoms with Gasteiger partial charge < -0.3 is 10.0 Å². The molecule has 1 saturated heterocycles. The normalized spacial score (nSPS) is 21.5. The number of carboxylic acids is 1. The molecule has 0 atom stereocenters. The second-order valence-corrected chi connectivity index (χ2v) is 7.71. The molecule has 0 unspecified atom stereocenters. The van der Waals surface area contributed by atoms with Crippen LogP contribution in [0.25, 0.3) is 0 Å². The average Bonchev–Trinajstić information content (AvgIpc) is 2.47. The Morgan fingerprint density at radius 3 is 2.26 bits per heavy atom. The summed E-state index contributed by atoms with van der Waals surface area (Å²) in [5.74, 6) is 0.149. The van der Waals surface area contributed by atoms with Crippen molar-refractivity contribution in [2.24, 2.45) is 11.3 Å². The Morgan fingerprint density at radius 2 is 1.87 bits per heavy atom. The Kier molecular flexibility index (Phi) is 6.06. The van der Waals surface area contributed by atoms with Crippen molar-refractivity contribution in [2.45, 2.75) is 65.3 Å². The Bertz CT molecular complexity index is 424. The molecule has 5 nitrogen and oxygen atoms in total. The Labute approximate surface area is 140 Å². The number of carbonyl (C=O) groups excluding carboxylic acids is 1. The largest absolute Gasteiger partial charge is 0.480 e. The van der Waals surface area contributed by atoms with Crippen molar-refractivity contribution in [1.82, 2.24) is 9.80 Å². The molecule has 0 aromatic carbocycles. The minimum absolute atomic E-state index is 0.0908. The predicted octanol–water partition coefficient (Wildman–Crippen LogP) is 2.60. The molecule has 2 aliphatic rings. The van der Waals surface area contributed by atoms with Crippen LogP contribution in [0.3, 0.4) is 0 Å². The number of likely N-dealkylation sites (tertiary alicyclic amines) is 1. The van der Waals surface area contributed by atoms with Gasteiger partial charge in [0.25, 0.3) is 0 Å². The minimum Gasteiger partial charge on any atom is -0.480 e. The molecule has 0 bridgehead atoms. The van der Waals surface area contributed by atoms with Crippen LogP contribution in [0, 0.1) is 11.3 Å². The van der Waals surface area contributed by atoms with Crippen LogP contribution >= 0.6 is 0 Å². The Hall–Kier alpha value is -1.10. The fraction of sp³-hybridized carbons (Fsp3) is 0.889. The van der Waals surface area contributed by atoms with Crippen LogP contribution in [0.15, 0.2) is 0 Å². The summed E-state index contributed by atoms with van der Waals surface area (Å²) in [4.78, 5) is 28.0. The molecular formula is C18H32N2O3. The third-order valence-electron chi connectivity index (χ3n) is 5.58. The highest BCUT2D eigenvalue weighted by atomic mass is 16.4. The van der Waals surface area contributed by atoms with Crippen LogP contribution in [0.2, 0.25) is 0 Å². The smallest absolute Gasteiger partial charge is 0.317 e. The number of rotatable bonds is 7. The van der Waals surface area contributed by atoms with E-state index in [1.807, 2.05) is 16.7 Å². The first kappa shape index (κ1) is 18.2. The van der Waals surface area contributed by atoms with Crippen molar-refractivity contribution in [3.8, 4) is 0 Å². The van der Waals surface area contributed by atoms with Gasteiger partial charge in [-0.3, -0.25) is 14.5 Å². The lowest BCUT2D eigenvalue weighted by Gasteiger charge is -2.47. The SMILES string of the molecule is CCN(CC(=O)O)C1CCN(C(=O)C2(CC(C)C)CCC2)CC1. The van der Waals surface area contributed by atoms with E-state index in [1.54, 1.807) is 0 Å². The monoisotopic (exact) mass is 324 g/mol. The topological polar surface area (TPSA) is 60.9 Å². The first-order valence-electron chi connectivity index (χ1n) is 9.13. The van der Waals surface area contributed by atoms with Gasteiger partial charge in [0, 0.05) is 24.5 Å². The van der Waals surface area contributed by atoms with Crippen molar-refractivity contribution < 1.29 is 14.7 Å². The van der Waals surface area contributed by atoms with E-state index in [0.717, 1.165) is 51.7 Å². The average molecular weight is 324 g/mol. The van der Waals surface area contributed by atoms with Crippen molar-refractivity contribution in [1.29, 1.82) is 0 Å². The molecule has 1 N–H and O–H groups in total. The fourth-order valence-corrected chi connectivity index (χ4v) is 4.33. The van der Waals surface area contributed by atoms with Gasteiger partial charge >= 0.3 is 5.97 Å². The first-order chi connectivity index (χ1) is 10.9. The molecule has 1 aliphatic heterocycles. The van der Waals surface area contributed by atoms with E-state index in [-0.39, 0.29) is 12.0 Å². The zero-order chi connectivity index (χ0) is 17.0. The number of carbonyl (C=O) groups is 2. The van der Waals surface area contributed by atoms with Gasteiger partial charge in [-0.05, 0) is 44.6 Å². The number of hydrogen-bond acceptors (Lipinski definition) is 3. The lowest BCUT2D eigenvalue weighted by molar-refractivity contribution is -0.151. The standard InChI is InChI=1S/C18H32N2O3/c1-4-19(13-16(21)22)15-6-10-20(11-7-15)17(23)18(8-5-9-18)12-14(2)3/h14-15H,4-13H2,1-3H3,(H,21,22). The van der Waals surface area contributed by atoms with Crippen molar-refractivity contribution in [3.05, 3.63) is 0 Å². The fourth-order valence-electron chi connectivity index (χ4n) is 4.33. The lowest BCUT2D eigenvalue weighted by atomic mass is 9.63. The Morgan fingerprint density at radius 1 is 1.26 bits per heavy atom. The summed E-state index contributed by atoms with van der Waals surface area (Å²) in [5.41, 5.74) is -0.0908. The van der Waals surface area contributed by atoms with Crippen LogP contribution in [0.5, 0.6) is 0 Å². The molecule has 1 aliphatic carbocycles. The second kappa shape index (κ2) is 7.65. The summed E-state index contributed by atoms with van der Waals surface area (Å²) in [6.07, 6.45) is 6.06. The Balaban J connectivity index is 1.90. The van der Waals surface area contributed by atoms with E-state index in [0.29, 0.717) is 17.9 Å². The maximum atomic E-state index is 13.0. The predicted molar refractivity (Wildman–Crippen MR) is 90.2 cm³/mol. The molecule has 0 aromatic rings. The summed E-state index contributed by atoms with van der Waals surface area (Å²) in [7, 11) is 0. The quantitative estimate of drug-likeness (QED) is 0.782. The van der Waals surface area contributed by atoms with Gasteiger partial charge in [-0.25, -0.2) is 0 Å². The third kappa shape index (κ3) is 4.25. The van der Waals surface area contributed by atoms with Gasteiger partial charge in [0.15, 0.2) is 0 Å². The molecule has 1 amide bonds. The molecule has 0 aromatic heterocycles. The number of likely N-dealkylation sites (N-methyl/N-ethyl adjacent to an activating group) is 1.